The molecule has 4 heteroatoms. The fourth-order valence-electron chi connectivity index (χ4n) is 1.45. The lowest BCUT2D eigenvalue weighted by Crippen LogP contribution is -2.18. The van der Waals surface area contributed by atoms with Crippen LogP contribution in [-0.4, -0.2) is 24.8 Å². The molecule has 15 heavy (non-hydrogen) atoms. The van der Waals surface area contributed by atoms with Crippen LogP contribution in [0.25, 0.3) is 0 Å². The number of nitrogens with one attached hydrogen (secondary N) is 1. The number of ether oxygens (including phenoxy) is 1. The smallest absolute Gasteiger partial charge is 0.120 e. The molecule has 0 aliphatic carbocycles. The maximum atomic E-state index is 8.85. The lowest BCUT2D eigenvalue weighted by molar-refractivity contribution is 0.199. The lowest BCUT2D eigenvalue weighted by Gasteiger charge is -2.04. The third kappa shape index (κ3) is 2.82. The normalized spacial score (nSPS) is 10.3. The van der Waals surface area contributed by atoms with Crippen LogP contribution in [0.3, 0.4) is 0 Å². The molecule has 1 rings (SSSR count). The first-order valence-corrected chi connectivity index (χ1v) is 4.95. The summed E-state index contributed by atoms with van der Waals surface area (Å²) in [5.41, 5.74) is 3.01. The molecule has 0 amide bonds. The van der Waals surface area contributed by atoms with Crippen LogP contribution in [0.4, 0.5) is 0 Å². The van der Waals surface area contributed by atoms with Crippen molar-refractivity contribution in [2.24, 2.45) is 7.05 Å². The summed E-state index contributed by atoms with van der Waals surface area (Å²) >= 11 is 0. The molecule has 4 nitrogen and oxygen atoms in total. The molecule has 0 spiro atoms. The van der Waals surface area contributed by atoms with E-state index >= 15 is 0 Å². The predicted octanol–water partition coefficient (Wildman–Crippen LogP) is 0.941. The molecule has 0 aromatic carbocycles. The summed E-state index contributed by atoms with van der Waals surface area (Å²) < 4.78 is 6.85. The number of rotatable bonds is 5. The minimum atomic E-state index is 0.705. The van der Waals surface area contributed by atoms with E-state index in [-0.39, 0.29) is 0 Å². The average Bonchev–Trinajstić information content (AvgIpc) is 2.52. The molecular weight excluding hydrogens is 190 g/mol. The number of methoxy groups -OCH3 is 1. The van der Waals surface area contributed by atoms with Crippen molar-refractivity contribution in [2.75, 3.05) is 20.3 Å². The number of hydrogen-bond donors (Lipinski definition) is 1. The molecule has 0 unspecified atom stereocenters. The van der Waals surface area contributed by atoms with Crippen LogP contribution in [0.1, 0.15) is 17.0 Å². The zero-order valence-electron chi connectivity index (χ0n) is 9.50. The highest BCUT2D eigenvalue weighted by atomic mass is 16.5. The molecule has 0 atom stereocenters. The van der Waals surface area contributed by atoms with E-state index in [9.17, 15) is 0 Å². The second-order valence-corrected chi connectivity index (χ2v) is 3.48. The van der Waals surface area contributed by atoms with Gasteiger partial charge in [0.2, 0.25) is 0 Å². The minimum absolute atomic E-state index is 0.705. The zero-order chi connectivity index (χ0) is 11.3. The molecule has 0 bridgehead atoms. The Kier molecular flexibility index (Phi) is 4.35. The Hall–Kier alpha value is -1.31. The number of hydrogen-bond acceptors (Lipinski definition) is 3. The number of nitriles is 1. The van der Waals surface area contributed by atoms with Crippen LogP contribution in [0.5, 0.6) is 0 Å². The summed E-state index contributed by atoms with van der Waals surface area (Å²) in [5.74, 6) is 0. The highest BCUT2D eigenvalue weighted by Crippen LogP contribution is 2.12. The van der Waals surface area contributed by atoms with Gasteiger partial charge in [0.05, 0.1) is 6.61 Å². The second kappa shape index (κ2) is 5.54. The summed E-state index contributed by atoms with van der Waals surface area (Å²) in [6, 6.07) is 4.09. The first kappa shape index (κ1) is 11.8. The summed E-state index contributed by atoms with van der Waals surface area (Å²) in [6.45, 7) is 4.34. The largest absolute Gasteiger partial charge is 0.383 e. The Morgan fingerprint density at radius 2 is 2.33 bits per heavy atom. The predicted molar refractivity (Wildman–Crippen MR) is 58.4 cm³/mol. The van der Waals surface area contributed by atoms with E-state index in [1.54, 1.807) is 7.11 Å². The van der Waals surface area contributed by atoms with Gasteiger partial charge in [-0.15, -0.1) is 0 Å². The molecule has 0 aliphatic rings. The van der Waals surface area contributed by atoms with Crippen molar-refractivity contribution in [3.8, 4) is 6.07 Å². The van der Waals surface area contributed by atoms with E-state index in [1.807, 2.05) is 24.6 Å². The Morgan fingerprint density at radius 3 is 2.87 bits per heavy atom. The summed E-state index contributed by atoms with van der Waals surface area (Å²) in [6.07, 6.45) is 0. The minimum Gasteiger partial charge on any atom is -0.383 e. The van der Waals surface area contributed by atoms with Crippen LogP contribution in [0.15, 0.2) is 6.07 Å². The lowest BCUT2D eigenvalue weighted by atomic mass is 10.2. The Morgan fingerprint density at radius 1 is 1.60 bits per heavy atom. The molecule has 0 saturated heterocycles. The molecule has 0 aliphatic heterocycles. The van der Waals surface area contributed by atoms with Gasteiger partial charge in [-0.05, 0) is 18.6 Å². The van der Waals surface area contributed by atoms with Crippen molar-refractivity contribution in [2.45, 2.75) is 13.5 Å². The molecular formula is C11H17N3O. The van der Waals surface area contributed by atoms with E-state index in [2.05, 4.69) is 11.4 Å². The van der Waals surface area contributed by atoms with Crippen LogP contribution >= 0.6 is 0 Å². The first-order chi connectivity index (χ1) is 7.20. The van der Waals surface area contributed by atoms with Crippen molar-refractivity contribution in [3.63, 3.8) is 0 Å². The fraction of sp³-hybridized carbons (Fsp3) is 0.545. The van der Waals surface area contributed by atoms with Gasteiger partial charge in [0.15, 0.2) is 0 Å². The quantitative estimate of drug-likeness (QED) is 0.731. The van der Waals surface area contributed by atoms with Gasteiger partial charge >= 0.3 is 0 Å². The summed E-state index contributed by atoms with van der Waals surface area (Å²) in [4.78, 5) is 0. The zero-order valence-corrected chi connectivity index (χ0v) is 9.50. The number of nitrogens with zero attached hydrogens (tertiary/aromatic N) is 2. The standard InChI is InChI=1S/C11H17N3O/c1-9-10(8-13-4-5-15-3)6-11(7-12)14(9)2/h6,13H,4-5,8H2,1-3H3. The van der Waals surface area contributed by atoms with Crippen LogP contribution in [0.2, 0.25) is 0 Å². The highest BCUT2D eigenvalue weighted by molar-refractivity contribution is 5.33. The van der Waals surface area contributed by atoms with Gasteiger partial charge in [0.25, 0.3) is 0 Å². The van der Waals surface area contributed by atoms with Crippen LogP contribution < -0.4 is 5.32 Å². The third-order valence-corrected chi connectivity index (χ3v) is 2.55. The summed E-state index contributed by atoms with van der Waals surface area (Å²) in [7, 11) is 3.59. The van der Waals surface area contributed by atoms with E-state index in [4.69, 9.17) is 10.00 Å². The van der Waals surface area contributed by atoms with E-state index in [1.165, 1.54) is 5.56 Å². The average molecular weight is 207 g/mol. The topological polar surface area (TPSA) is 50.0 Å². The van der Waals surface area contributed by atoms with Crippen molar-refractivity contribution in [1.29, 1.82) is 5.26 Å². The Labute approximate surface area is 90.5 Å². The summed E-state index contributed by atoms with van der Waals surface area (Å²) in [5, 5.41) is 12.1. The van der Waals surface area contributed by atoms with Crippen molar-refractivity contribution in [3.05, 3.63) is 23.0 Å². The molecule has 0 saturated carbocycles. The molecule has 1 aromatic heterocycles. The van der Waals surface area contributed by atoms with Crippen molar-refractivity contribution in [1.82, 2.24) is 9.88 Å². The Bertz CT molecular complexity index is 363. The second-order valence-electron chi connectivity index (χ2n) is 3.48. The van der Waals surface area contributed by atoms with Crippen molar-refractivity contribution < 1.29 is 4.74 Å². The molecule has 1 N–H and O–H groups in total. The van der Waals surface area contributed by atoms with Gasteiger partial charge in [-0.2, -0.15) is 5.26 Å². The van der Waals surface area contributed by atoms with Gasteiger partial charge in [-0.1, -0.05) is 0 Å². The maximum Gasteiger partial charge on any atom is 0.120 e. The monoisotopic (exact) mass is 207 g/mol. The van der Waals surface area contributed by atoms with Gasteiger partial charge in [0.1, 0.15) is 11.8 Å². The molecule has 82 valence electrons. The Balaban J connectivity index is 2.59. The molecule has 1 aromatic rings. The molecule has 1 heterocycles. The maximum absolute atomic E-state index is 8.85. The molecule has 0 radical (unpaired) electrons. The van der Waals surface area contributed by atoms with E-state index in [0.717, 1.165) is 18.8 Å². The van der Waals surface area contributed by atoms with Gasteiger partial charge in [0, 0.05) is 32.9 Å². The van der Waals surface area contributed by atoms with Crippen LogP contribution in [0, 0.1) is 18.3 Å². The van der Waals surface area contributed by atoms with Crippen molar-refractivity contribution >= 4 is 0 Å². The van der Waals surface area contributed by atoms with E-state index < -0.39 is 0 Å². The first-order valence-electron chi connectivity index (χ1n) is 4.95. The molecule has 0 fully saturated rings. The van der Waals surface area contributed by atoms with Gasteiger partial charge in [-0.3, -0.25) is 0 Å². The fourth-order valence-corrected chi connectivity index (χ4v) is 1.45. The van der Waals surface area contributed by atoms with Gasteiger partial charge in [-0.25, -0.2) is 0 Å². The SMILES string of the molecule is COCCNCc1cc(C#N)n(C)c1C. The van der Waals surface area contributed by atoms with Gasteiger partial charge < -0.3 is 14.6 Å². The van der Waals surface area contributed by atoms with E-state index in [0.29, 0.717) is 12.3 Å². The van der Waals surface area contributed by atoms with Crippen LogP contribution in [-0.2, 0) is 18.3 Å². The highest BCUT2D eigenvalue weighted by Gasteiger charge is 2.07. The third-order valence-electron chi connectivity index (χ3n) is 2.55. The number of aromatic nitrogens is 1.